The molecule has 0 aromatic heterocycles. The number of hydrogen-bond acceptors (Lipinski definition) is 9. The molecule has 0 bridgehead atoms. The molecule has 0 fully saturated rings. The van der Waals surface area contributed by atoms with Crippen LogP contribution in [0.3, 0.4) is 0 Å². The molecule has 1 unspecified atom stereocenters. The van der Waals surface area contributed by atoms with Crippen LogP contribution in [0, 0.1) is 0 Å². The molecule has 0 radical (unpaired) electrons. The summed E-state index contributed by atoms with van der Waals surface area (Å²) in [6.45, 7) is 3.02. The van der Waals surface area contributed by atoms with Crippen LogP contribution in [-0.2, 0) is 44.8 Å². The molecule has 1 aliphatic rings. The number of carbonyl (C=O) groups is 8. The Balaban J connectivity index is 1.72. The van der Waals surface area contributed by atoms with E-state index in [1.165, 1.54) is 23.9 Å². The van der Waals surface area contributed by atoms with Crippen molar-refractivity contribution in [3.8, 4) is 0 Å². The summed E-state index contributed by atoms with van der Waals surface area (Å²) in [6, 6.07) is 7.91. The maximum Gasteiger partial charge on any atom is 0.253 e. The fraction of sp³-hybridized carbons (Fsp3) is 0.500. The van der Waals surface area contributed by atoms with Crippen molar-refractivity contribution in [1.29, 1.82) is 0 Å². The lowest BCUT2D eigenvalue weighted by molar-refractivity contribution is -0.137. The van der Waals surface area contributed by atoms with Crippen LogP contribution < -0.4 is 32.3 Å². The average molecular weight is 688 g/mol. The fourth-order valence-corrected chi connectivity index (χ4v) is 5.23. The Kier molecular flexibility index (Phi) is 16.8. The number of carbonyl (C=O) groups excluding carboxylic acids is 8. The lowest BCUT2D eigenvalue weighted by Gasteiger charge is -2.23. The van der Waals surface area contributed by atoms with Crippen LogP contribution >= 0.6 is 11.8 Å². The summed E-state index contributed by atoms with van der Waals surface area (Å²) in [5.74, 6) is -3.47. The highest BCUT2D eigenvalue weighted by Crippen LogP contribution is 2.28. The number of nitrogens with zero attached hydrogens (tertiary/aromatic N) is 1. The number of rotatable bonds is 22. The molecule has 1 heterocycles. The smallest absolute Gasteiger partial charge is 0.253 e. The topological polar surface area (TPSA) is 226 Å². The Hall–Kier alpha value is -4.73. The van der Waals surface area contributed by atoms with E-state index in [-0.39, 0.29) is 67.2 Å². The van der Waals surface area contributed by atoms with Crippen molar-refractivity contribution in [1.82, 2.24) is 31.5 Å². The van der Waals surface area contributed by atoms with E-state index in [1.807, 2.05) is 19.9 Å². The maximum atomic E-state index is 13.0. The molecule has 7 N–H and O–H groups in total. The molecule has 262 valence electrons. The first-order chi connectivity index (χ1) is 22.8. The summed E-state index contributed by atoms with van der Waals surface area (Å²) in [6.07, 6.45) is 5.16. The van der Waals surface area contributed by atoms with E-state index in [0.717, 1.165) is 10.5 Å². The van der Waals surface area contributed by atoms with Gasteiger partial charge in [-0.3, -0.25) is 43.3 Å². The van der Waals surface area contributed by atoms with Crippen LogP contribution in [0.25, 0.3) is 0 Å². The summed E-state index contributed by atoms with van der Waals surface area (Å²) >= 11 is 1.43. The molecule has 1 aliphatic heterocycles. The molecule has 0 aliphatic carbocycles. The Morgan fingerprint density at radius 3 is 2.04 bits per heavy atom. The van der Waals surface area contributed by atoms with Gasteiger partial charge in [-0.05, 0) is 24.8 Å². The predicted molar refractivity (Wildman–Crippen MR) is 179 cm³/mol. The molecule has 1 atom stereocenters. The quantitative estimate of drug-likeness (QED) is 0.0519. The van der Waals surface area contributed by atoms with Crippen LogP contribution in [0.4, 0.5) is 0 Å². The third-order valence-corrected chi connectivity index (χ3v) is 8.42. The summed E-state index contributed by atoms with van der Waals surface area (Å²) in [5.41, 5.74) is 5.97. The molecular weight excluding hydrogens is 642 g/mol. The Morgan fingerprint density at radius 2 is 1.38 bits per heavy atom. The summed E-state index contributed by atoms with van der Waals surface area (Å²) in [4.78, 5) is 97.5. The van der Waals surface area contributed by atoms with Gasteiger partial charge in [0.25, 0.3) is 11.8 Å². The zero-order valence-electron chi connectivity index (χ0n) is 27.3. The van der Waals surface area contributed by atoms with E-state index in [4.69, 9.17) is 5.73 Å². The normalized spacial score (nSPS) is 13.1. The van der Waals surface area contributed by atoms with Crippen molar-refractivity contribution in [3.05, 3.63) is 48.0 Å². The Bertz CT molecular complexity index is 1330. The second-order valence-corrected chi connectivity index (χ2v) is 13.4. The summed E-state index contributed by atoms with van der Waals surface area (Å²) < 4.78 is -0.294. The first-order valence-electron chi connectivity index (χ1n) is 15.6. The van der Waals surface area contributed by atoms with E-state index in [1.54, 1.807) is 24.3 Å². The van der Waals surface area contributed by atoms with E-state index < -0.39 is 42.1 Å². The number of imide groups is 1. The lowest BCUT2D eigenvalue weighted by atomic mass is 10.1. The molecule has 0 saturated heterocycles. The van der Waals surface area contributed by atoms with Crippen molar-refractivity contribution in [2.24, 2.45) is 5.73 Å². The van der Waals surface area contributed by atoms with Crippen molar-refractivity contribution in [2.45, 2.75) is 69.6 Å². The van der Waals surface area contributed by atoms with Gasteiger partial charge in [0.05, 0.1) is 25.5 Å². The van der Waals surface area contributed by atoms with Crippen LogP contribution in [0.15, 0.2) is 42.5 Å². The zero-order chi connectivity index (χ0) is 35.5. The molecule has 0 spiro atoms. The largest absolute Gasteiger partial charge is 0.370 e. The van der Waals surface area contributed by atoms with Gasteiger partial charge in [-0.2, -0.15) is 0 Å². The number of unbranched alkanes of at least 4 members (excludes halogenated alkanes) is 2. The van der Waals surface area contributed by atoms with Gasteiger partial charge in [0.2, 0.25) is 35.4 Å². The maximum absolute atomic E-state index is 13.0. The fourth-order valence-electron chi connectivity index (χ4n) is 4.36. The highest BCUT2D eigenvalue weighted by atomic mass is 32.2. The summed E-state index contributed by atoms with van der Waals surface area (Å²) in [7, 11) is 0. The average Bonchev–Trinajstić information content (AvgIpc) is 3.36. The van der Waals surface area contributed by atoms with Gasteiger partial charge in [-0.25, -0.2) is 0 Å². The highest BCUT2D eigenvalue weighted by molar-refractivity contribution is 8.00. The van der Waals surface area contributed by atoms with Gasteiger partial charge in [0.15, 0.2) is 0 Å². The number of nitrogens with one attached hydrogen (secondary N) is 5. The third kappa shape index (κ3) is 16.2. The minimum atomic E-state index is -1.04. The molecular formula is C32H45N7O8S. The van der Waals surface area contributed by atoms with Crippen LogP contribution in [0.2, 0.25) is 0 Å². The van der Waals surface area contributed by atoms with Crippen LogP contribution in [0.1, 0.15) is 57.9 Å². The molecule has 2 rings (SSSR count). The van der Waals surface area contributed by atoms with E-state index in [2.05, 4.69) is 26.6 Å². The summed E-state index contributed by atoms with van der Waals surface area (Å²) in [5, 5.41) is 12.7. The molecule has 0 saturated carbocycles. The SMILES string of the molecule is CC(C)(CCC(N)=O)SCNC(=O)CNC(=O)C(Cc1ccccc1)NC(=O)CNC(=O)CNC(=O)CCCCCN1C(=O)C=CC1=O. The van der Waals surface area contributed by atoms with E-state index in [0.29, 0.717) is 25.7 Å². The van der Waals surface area contributed by atoms with E-state index >= 15 is 0 Å². The molecule has 8 amide bonds. The van der Waals surface area contributed by atoms with Gasteiger partial charge in [-0.1, -0.05) is 50.6 Å². The van der Waals surface area contributed by atoms with Gasteiger partial charge < -0.3 is 32.3 Å². The highest BCUT2D eigenvalue weighted by Gasteiger charge is 2.24. The minimum Gasteiger partial charge on any atom is -0.370 e. The predicted octanol–water partition coefficient (Wildman–Crippen LogP) is -0.601. The van der Waals surface area contributed by atoms with Crippen LogP contribution in [-0.4, -0.2) is 95.0 Å². The first-order valence-corrected chi connectivity index (χ1v) is 16.6. The Labute approximate surface area is 283 Å². The monoisotopic (exact) mass is 687 g/mol. The van der Waals surface area contributed by atoms with Crippen LogP contribution in [0.5, 0.6) is 0 Å². The molecule has 48 heavy (non-hydrogen) atoms. The number of hydrogen-bond donors (Lipinski definition) is 6. The molecule has 1 aromatic rings. The number of nitrogens with two attached hydrogens (primary N) is 1. The number of primary amides is 1. The van der Waals surface area contributed by atoms with Gasteiger partial charge in [0, 0.05) is 42.7 Å². The lowest BCUT2D eigenvalue weighted by Crippen LogP contribution is -2.52. The molecule has 15 nitrogen and oxygen atoms in total. The van der Waals surface area contributed by atoms with Gasteiger partial charge in [-0.15, -0.1) is 11.8 Å². The number of amides is 8. The third-order valence-electron chi connectivity index (χ3n) is 7.14. The number of benzene rings is 1. The molecule has 16 heteroatoms. The molecule has 1 aromatic carbocycles. The van der Waals surface area contributed by atoms with Crippen molar-refractivity contribution in [2.75, 3.05) is 32.1 Å². The van der Waals surface area contributed by atoms with Crippen molar-refractivity contribution < 1.29 is 38.4 Å². The van der Waals surface area contributed by atoms with Gasteiger partial charge >= 0.3 is 0 Å². The standard InChI is InChI=1S/C32H45N7O8S/c1-32(2,15-14-24(33)40)48-21-37-27(43)19-36-31(47)23(17-22-9-5-3-6-10-22)38-28(44)20-35-26(42)18-34-25(41)11-7-4-8-16-39-29(45)12-13-30(39)46/h3,5-6,9-10,12-13,23H,4,7-8,11,14-21H2,1-2H3,(H2,33,40)(H,34,41)(H,35,42)(H,36,47)(H,37,43)(H,38,44). The van der Waals surface area contributed by atoms with E-state index in [9.17, 15) is 38.4 Å². The zero-order valence-corrected chi connectivity index (χ0v) is 28.1. The minimum absolute atomic E-state index is 0.134. The number of thioether (sulfide) groups is 1. The van der Waals surface area contributed by atoms with Crippen molar-refractivity contribution >= 4 is 59.0 Å². The second-order valence-electron chi connectivity index (χ2n) is 11.7. The second kappa shape index (κ2) is 20.5. The Morgan fingerprint density at radius 1 is 0.771 bits per heavy atom. The first kappa shape index (κ1) is 39.4. The van der Waals surface area contributed by atoms with Crippen molar-refractivity contribution in [3.63, 3.8) is 0 Å². The van der Waals surface area contributed by atoms with Gasteiger partial charge in [0.1, 0.15) is 6.04 Å².